The monoisotopic (exact) mass is 694 g/mol. The second kappa shape index (κ2) is 13.8. The molecule has 1 saturated carbocycles. The van der Waals surface area contributed by atoms with Gasteiger partial charge in [0.05, 0.1) is 25.1 Å². The molecule has 3 aliphatic heterocycles. The van der Waals surface area contributed by atoms with Gasteiger partial charge < -0.3 is 19.4 Å². The van der Waals surface area contributed by atoms with E-state index in [-0.39, 0.29) is 79.5 Å². The number of alkyl halides is 1. The second-order valence-electron chi connectivity index (χ2n) is 14.2. The Bertz CT molecular complexity index is 1710. The van der Waals surface area contributed by atoms with Crippen molar-refractivity contribution in [3.05, 3.63) is 84.0 Å². The van der Waals surface area contributed by atoms with Gasteiger partial charge in [0.1, 0.15) is 11.1 Å². The largest absolute Gasteiger partial charge is 0.469 e. The Labute approximate surface area is 287 Å². The first-order chi connectivity index (χ1) is 23.4. The van der Waals surface area contributed by atoms with Crippen molar-refractivity contribution in [2.45, 2.75) is 59.9 Å². The van der Waals surface area contributed by atoms with Gasteiger partial charge in [0, 0.05) is 49.1 Å². The number of benzene rings is 2. The average Bonchev–Trinajstić information content (AvgIpc) is 3.52. The van der Waals surface area contributed by atoms with Gasteiger partial charge in [-0.1, -0.05) is 25.1 Å². The molecule has 3 saturated heterocycles. The topological polar surface area (TPSA) is 91.6 Å². The molecule has 1 amide bonds. The van der Waals surface area contributed by atoms with Crippen LogP contribution >= 0.6 is 0 Å². The van der Waals surface area contributed by atoms with Gasteiger partial charge in [-0.25, -0.2) is 23.8 Å². The number of ether oxygens (including phenoxy) is 1. The van der Waals surface area contributed by atoms with Gasteiger partial charge in [0.2, 0.25) is 5.91 Å². The molecule has 0 aromatic heterocycles. The van der Waals surface area contributed by atoms with Crippen molar-refractivity contribution in [3.63, 3.8) is 0 Å². The van der Waals surface area contributed by atoms with Gasteiger partial charge in [0.25, 0.3) is 5.54 Å². The Kier molecular flexibility index (Phi) is 9.88. The molecular weight excluding hydrogens is 650 g/mol. The maximum Gasteiger partial charge on any atom is 0.305 e. The lowest BCUT2D eigenvalue weighted by atomic mass is 9.63. The van der Waals surface area contributed by atoms with Gasteiger partial charge in [-0.3, -0.25) is 14.5 Å². The van der Waals surface area contributed by atoms with Crippen LogP contribution in [0.2, 0.25) is 0 Å². The van der Waals surface area contributed by atoms with Crippen molar-refractivity contribution >= 4 is 27.4 Å². The molecule has 3 heterocycles. The number of piperidine rings is 1. The number of rotatable bonds is 11. The lowest BCUT2D eigenvalue weighted by molar-refractivity contribution is -0.142. The van der Waals surface area contributed by atoms with Crippen molar-refractivity contribution in [2.24, 2.45) is 17.8 Å². The number of esters is 1. The SMILES string of the molecule is [C-]#[N+][C@@](c1cccc(F)c1)(C1CCN(CC2(F)CN(c3ccc(S(=O)(=O)C4CN(C(=O)C=C)C4)cc3)C2)CC1)[C@H]1CCC[C@@H]1CC(=O)OC. The number of sulfone groups is 1. The Morgan fingerprint density at radius 3 is 2.41 bits per heavy atom. The molecule has 12 heteroatoms. The van der Waals surface area contributed by atoms with Crippen LogP contribution < -0.4 is 4.90 Å². The average molecular weight is 695 g/mol. The predicted octanol–water partition coefficient (Wildman–Crippen LogP) is 5.03. The number of halogens is 2. The number of hydrogen-bond donors (Lipinski definition) is 0. The van der Waals surface area contributed by atoms with Crippen LogP contribution in [0.4, 0.5) is 14.5 Å². The van der Waals surface area contributed by atoms with Gasteiger partial charge in [-0.2, -0.15) is 0 Å². The highest BCUT2D eigenvalue weighted by molar-refractivity contribution is 7.92. The van der Waals surface area contributed by atoms with E-state index in [2.05, 4.69) is 16.3 Å². The molecular formula is C37H44F2N4O5S. The van der Waals surface area contributed by atoms with Crippen molar-refractivity contribution < 1.29 is 31.5 Å². The number of anilines is 1. The summed E-state index contributed by atoms with van der Waals surface area (Å²) in [5.74, 6) is -1.17. The third-order valence-electron chi connectivity index (χ3n) is 11.3. The van der Waals surface area contributed by atoms with Gasteiger partial charge in [-0.15, -0.1) is 0 Å². The Morgan fingerprint density at radius 1 is 1.10 bits per heavy atom. The van der Waals surface area contributed by atoms with Crippen LogP contribution in [0.1, 0.15) is 44.1 Å². The zero-order valence-electron chi connectivity index (χ0n) is 27.9. The molecule has 9 nitrogen and oxygen atoms in total. The van der Waals surface area contributed by atoms with E-state index in [9.17, 15) is 22.4 Å². The first-order valence-corrected chi connectivity index (χ1v) is 18.6. The van der Waals surface area contributed by atoms with Crippen molar-refractivity contribution in [1.82, 2.24) is 9.80 Å². The van der Waals surface area contributed by atoms with Crippen molar-refractivity contribution in [3.8, 4) is 0 Å². The van der Waals surface area contributed by atoms with E-state index in [4.69, 9.17) is 11.3 Å². The van der Waals surface area contributed by atoms with E-state index < -0.39 is 26.3 Å². The Hall–Kier alpha value is -3.82. The molecule has 2 aromatic rings. The normalized spacial score (nSPS) is 24.3. The van der Waals surface area contributed by atoms with Crippen LogP contribution in [0.15, 0.2) is 66.1 Å². The van der Waals surface area contributed by atoms with E-state index in [1.807, 2.05) is 11.0 Å². The number of hydrogen-bond acceptors (Lipinski definition) is 7. The number of amides is 1. The van der Waals surface area contributed by atoms with Gasteiger partial charge >= 0.3 is 5.97 Å². The molecule has 0 bridgehead atoms. The predicted molar refractivity (Wildman–Crippen MR) is 182 cm³/mol. The van der Waals surface area contributed by atoms with E-state index in [1.165, 1.54) is 30.2 Å². The first kappa shape index (κ1) is 35.0. The fourth-order valence-electron chi connectivity index (χ4n) is 8.72. The fraction of sp³-hybridized carbons (Fsp3) is 0.541. The minimum atomic E-state index is -3.59. The molecule has 0 unspecified atom stereocenters. The van der Waals surface area contributed by atoms with Crippen LogP contribution in [0.5, 0.6) is 0 Å². The smallest absolute Gasteiger partial charge is 0.305 e. The maximum atomic E-state index is 16.0. The summed E-state index contributed by atoms with van der Waals surface area (Å²) in [5.41, 5.74) is -1.00. The molecule has 3 atom stereocenters. The van der Waals surface area contributed by atoms with Crippen LogP contribution in [0.25, 0.3) is 4.85 Å². The van der Waals surface area contributed by atoms with Crippen LogP contribution in [0.3, 0.4) is 0 Å². The second-order valence-corrected chi connectivity index (χ2v) is 16.4. The maximum absolute atomic E-state index is 16.0. The lowest BCUT2D eigenvalue weighted by Crippen LogP contribution is -2.64. The number of likely N-dealkylation sites (tertiary alicyclic amines) is 2. The van der Waals surface area contributed by atoms with E-state index >= 15 is 4.39 Å². The van der Waals surface area contributed by atoms with Crippen molar-refractivity contribution in [2.75, 3.05) is 57.8 Å². The summed E-state index contributed by atoms with van der Waals surface area (Å²) in [7, 11) is -2.21. The fourth-order valence-corrected chi connectivity index (χ4v) is 10.4. The molecule has 1 aliphatic carbocycles. The highest BCUT2D eigenvalue weighted by atomic mass is 32.2. The number of nitrogens with zero attached hydrogens (tertiary/aromatic N) is 4. The third-order valence-corrected chi connectivity index (χ3v) is 13.4. The molecule has 4 fully saturated rings. The third kappa shape index (κ3) is 6.72. The van der Waals surface area contributed by atoms with Gasteiger partial charge in [0.15, 0.2) is 15.5 Å². The van der Waals surface area contributed by atoms with E-state index in [0.29, 0.717) is 31.5 Å². The summed E-state index contributed by atoms with van der Waals surface area (Å²) in [5, 5.41) is -0.651. The molecule has 262 valence electrons. The van der Waals surface area contributed by atoms with E-state index in [1.54, 1.807) is 30.3 Å². The highest BCUT2D eigenvalue weighted by Gasteiger charge is 2.58. The lowest BCUT2D eigenvalue weighted by Gasteiger charge is -2.49. The first-order valence-electron chi connectivity index (χ1n) is 17.1. The summed E-state index contributed by atoms with van der Waals surface area (Å²) in [6.07, 6.45) is 5.25. The molecule has 0 spiro atoms. The molecule has 0 radical (unpaired) electrons. The zero-order chi connectivity index (χ0) is 35.0. The quantitative estimate of drug-likeness (QED) is 0.185. The molecule has 6 rings (SSSR count). The van der Waals surface area contributed by atoms with Gasteiger partial charge in [-0.05, 0) is 87.2 Å². The minimum absolute atomic E-state index is 0.0244. The minimum Gasteiger partial charge on any atom is -0.469 e. The molecule has 4 aliphatic rings. The van der Waals surface area contributed by atoms with Crippen molar-refractivity contribution in [1.29, 1.82) is 0 Å². The van der Waals surface area contributed by atoms with Crippen LogP contribution in [-0.4, -0.2) is 93.9 Å². The summed E-state index contributed by atoms with van der Waals surface area (Å²) in [6.45, 7) is 14.1. The number of carbonyl (C=O) groups excluding carboxylic acids is 2. The Balaban J connectivity index is 1.07. The van der Waals surface area contributed by atoms with E-state index in [0.717, 1.165) is 24.9 Å². The summed E-state index contributed by atoms with van der Waals surface area (Å²) in [4.78, 5) is 34.0. The number of carbonyl (C=O) groups is 2. The standard InChI is InChI=1S/C37H44F2N4O5S/c1-4-34(44)42-21-32(22-42)49(46,47)31-13-11-30(12-14-31)43-24-36(39,25-43)23-41-17-15-27(16-18-41)37(40-2,28-8-6-9-29(38)20-28)33-10-5-7-26(33)19-35(45)48-3/h4,6,8-9,11-14,20,26-27,32-33H,1,5,7,10,15-19,21-25H2,3H3/t26-,33+,37-/m1/s1. The Morgan fingerprint density at radius 2 is 1.80 bits per heavy atom. The summed E-state index contributed by atoms with van der Waals surface area (Å²) >= 11 is 0. The van der Waals surface area contributed by atoms with Crippen LogP contribution in [0, 0.1) is 30.1 Å². The molecule has 49 heavy (non-hydrogen) atoms. The molecule has 0 N–H and O–H groups in total. The van der Waals surface area contributed by atoms with Crippen LogP contribution in [-0.2, 0) is 29.7 Å². The highest BCUT2D eigenvalue weighted by Crippen LogP contribution is 2.54. The summed E-state index contributed by atoms with van der Waals surface area (Å²) < 4.78 is 61.6. The molecule has 2 aromatic carbocycles. The zero-order valence-corrected chi connectivity index (χ0v) is 28.7. The summed E-state index contributed by atoms with van der Waals surface area (Å²) in [6, 6.07) is 12.9. The number of methoxy groups -OCH3 is 1.